The van der Waals surface area contributed by atoms with E-state index in [4.69, 9.17) is 0 Å². The molecule has 1 N–H and O–H groups in total. The van der Waals surface area contributed by atoms with Crippen molar-refractivity contribution in [2.24, 2.45) is 11.8 Å². The summed E-state index contributed by atoms with van der Waals surface area (Å²) in [5.41, 5.74) is 0. The van der Waals surface area contributed by atoms with E-state index >= 15 is 0 Å². The molecule has 19 heavy (non-hydrogen) atoms. The maximum Gasteiger partial charge on any atom is 0.0561 e. The van der Waals surface area contributed by atoms with E-state index < -0.39 is 0 Å². The lowest BCUT2D eigenvalue weighted by Gasteiger charge is -2.35. The van der Waals surface area contributed by atoms with Gasteiger partial charge < -0.3 is 10.2 Å². The van der Waals surface area contributed by atoms with E-state index in [1.54, 1.807) is 0 Å². The largest absolute Gasteiger partial charge is 0.312 e. The molecule has 0 aliphatic heterocycles. The smallest absolute Gasteiger partial charge is 0.0561 e. The summed E-state index contributed by atoms with van der Waals surface area (Å²) >= 11 is 1.87. The number of nitrogens with zero attached hydrogens (tertiary/aromatic N) is 1. The number of hydrogen-bond acceptors (Lipinski definition) is 3. The number of hydrogen-bond donors (Lipinski definition) is 1. The van der Waals surface area contributed by atoms with Gasteiger partial charge in [-0.3, -0.25) is 0 Å². The maximum absolute atomic E-state index is 3.84. The quantitative estimate of drug-likeness (QED) is 0.883. The minimum Gasteiger partial charge on any atom is -0.312 e. The normalized spacial score (nSPS) is 29.6. The Bertz CT molecular complexity index is 361. The second-order valence-corrected chi connectivity index (χ2v) is 7.38. The van der Waals surface area contributed by atoms with Crippen LogP contribution in [-0.4, -0.2) is 31.6 Å². The molecule has 108 valence electrons. The summed E-state index contributed by atoms with van der Waals surface area (Å²) in [5.74, 6) is 1.70. The minimum absolute atomic E-state index is 0.504. The van der Waals surface area contributed by atoms with E-state index in [9.17, 15) is 0 Å². The van der Waals surface area contributed by atoms with E-state index in [2.05, 4.69) is 55.7 Å². The van der Waals surface area contributed by atoms with Crippen molar-refractivity contribution < 1.29 is 0 Å². The monoisotopic (exact) mass is 280 g/mol. The molecule has 0 saturated heterocycles. The van der Waals surface area contributed by atoms with Gasteiger partial charge in [-0.25, -0.2) is 0 Å². The van der Waals surface area contributed by atoms with Crippen LogP contribution in [0.15, 0.2) is 17.5 Å². The van der Waals surface area contributed by atoms with E-state index in [1.165, 1.54) is 24.1 Å². The van der Waals surface area contributed by atoms with Gasteiger partial charge in [0.05, 0.1) is 6.04 Å². The third kappa shape index (κ3) is 4.04. The summed E-state index contributed by atoms with van der Waals surface area (Å²) < 4.78 is 0. The molecule has 1 aliphatic rings. The van der Waals surface area contributed by atoms with Gasteiger partial charge in [0.1, 0.15) is 0 Å². The summed E-state index contributed by atoms with van der Waals surface area (Å²) in [5, 5.41) is 6.01. The Morgan fingerprint density at radius 1 is 1.37 bits per heavy atom. The third-order valence-electron chi connectivity index (χ3n) is 4.53. The van der Waals surface area contributed by atoms with Crippen molar-refractivity contribution in [1.29, 1.82) is 0 Å². The van der Waals surface area contributed by atoms with Crippen molar-refractivity contribution in [2.75, 3.05) is 20.6 Å². The lowest BCUT2D eigenvalue weighted by Crippen LogP contribution is -2.43. The van der Waals surface area contributed by atoms with Crippen LogP contribution in [0.3, 0.4) is 0 Å². The van der Waals surface area contributed by atoms with E-state index in [1.807, 2.05) is 11.3 Å². The Hall–Kier alpha value is -0.380. The molecule has 1 saturated carbocycles. The Kier molecular flexibility index (Phi) is 5.43. The molecular weight excluding hydrogens is 252 g/mol. The molecule has 0 amide bonds. The molecule has 0 bridgehead atoms. The first-order chi connectivity index (χ1) is 9.08. The van der Waals surface area contributed by atoms with Crippen LogP contribution in [0.5, 0.6) is 0 Å². The van der Waals surface area contributed by atoms with Crippen LogP contribution in [0, 0.1) is 11.8 Å². The zero-order chi connectivity index (χ0) is 13.8. The zero-order valence-corrected chi connectivity index (χ0v) is 13.5. The highest BCUT2D eigenvalue weighted by Crippen LogP contribution is 2.29. The summed E-state index contributed by atoms with van der Waals surface area (Å²) in [6.45, 7) is 5.86. The first kappa shape index (κ1) is 15.0. The molecule has 4 unspecified atom stereocenters. The lowest BCUT2D eigenvalue weighted by atomic mass is 9.80. The molecule has 4 atom stereocenters. The van der Waals surface area contributed by atoms with Crippen molar-refractivity contribution in [1.82, 2.24) is 10.2 Å². The number of nitrogens with one attached hydrogen (secondary N) is 1. The topological polar surface area (TPSA) is 15.3 Å². The van der Waals surface area contributed by atoms with E-state index in [-0.39, 0.29) is 0 Å². The summed E-state index contributed by atoms with van der Waals surface area (Å²) in [6, 6.07) is 5.61. The van der Waals surface area contributed by atoms with Crippen LogP contribution in [0.4, 0.5) is 0 Å². The highest BCUT2D eigenvalue weighted by molar-refractivity contribution is 7.10. The Balaban J connectivity index is 1.91. The first-order valence-electron chi connectivity index (χ1n) is 7.51. The molecule has 1 fully saturated rings. The molecule has 1 aromatic heterocycles. The molecule has 0 radical (unpaired) electrons. The van der Waals surface area contributed by atoms with Crippen LogP contribution in [0.25, 0.3) is 0 Å². The van der Waals surface area contributed by atoms with Crippen LogP contribution < -0.4 is 5.32 Å². The number of thiophene rings is 1. The zero-order valence-electron chi connectivity index (χ0n) is 12.7. The fourth-order valence-corrected chi connectivity index (χ4v) is 4.02. The summed E-state index contributed by atoms with van der Waals surface area (Å²) in [6.07, 6.45) is 4.12. The van der Waals surface area contributed by atoms with Gasteiger partial charge in [0, 0.05) is 17.5 Å². The molecular formula is C16H28N2S. The third-order valence-corrected chi connectivity index (χ3v) is 5.50. The van der Waals surface area contributed by atoms with Crippen molar-refractivity contribution in [2.45, 2.75) is 45.2 Å². The standard InChI is InChI=1S/C16H28N2S/c1-12-7-8-13(2)14(10-12)17-11-15(18(3)4)16-6-5-9-19-16/h5-6,9,12-15,17H,7-8,10-11H2,1-4H3. The molecule has 2 nitrogen and oxygen atoms in total. The summed E-state index contributed by atoms with van der Waals surface area (Å²) in [4.78, 5) is 3.80. The van der Waals surface area contributed by atoms with Crippen molar-refractivity contribution >= 4 is 11.3 Å². The van der Waals surface area contributed by atoms with Gasteiger partial charge >= 0.3 is 0 Å². The average molecular weight is 280 g/mol. The summed E-state index contributed by atoms with van der Waals surface area (Å²) in [7, 11) is 4.36. The van der Waals surface area contributed by atoms with Crippen LogP contribution in [-0.2, 0) is 0 Å². The second-order valence-electron chi connectivity index (χ2n) is 6.41. The van der Waals surface area contributed by atoms with Gasteiger partial charge in [-0.2, -0.15) is 0 Å². The predicted octanol–water partition coefficient (Wildman–Crippen LogP) is 3.77. The Labute approximate surface area is 122 Å². The predicted molar refractivity (Wildman–Crippen MR) is 84.7 cm³/mol. The highest BCUT2D eigenvalue weighted by Gasteiger charge is 2.26. The van der Waals surface area contributed by atoms with Crippen LogP contribution in [0.1, 0.15) is 44.0 Å². The molecule has 0 aromatic carbocycles. The fourth-order valence-electron chi connectivity index (χ4n) is 3.10. The van der Waals surface area contributed by atoms with Crippen molar-refractivity contribution in [3.63, 3.8) is 0 Å². The van der Waals surface area contributed by atoms with Gasteiger partial charge in [0.15, 0.2) is 0 Å². The highest BCUT2D eigenvalue weighted by atomic mass is 32.1. The molecule has 3 heteroatoms. The lowest BCUT2D eigenvalue weighted by molar-refractivity contribution is 0.206. The molecule has 1 aromatic rings. The molecule has 2 rings (SSSR count). The van der Waals surface area contributed by atoms with Gasteiger partial charge in [0.2, 0.25) is 0 Å². The molecule has 1 heterocycles. The van der Waals surface area contributed by atoms with Gasteiger partial charge in [-0.1, -0.05) is 26.3 Å². The van der Waals surface area contributed by atoms with Crippen LogP contribution in [0.2, 0.25) is 0 Å². The van der Waals surface area contributed by atoms with E-state index in [0.717, 1.165) is 18.4 Å². The molecule has 0 spiro atoms. The second kappa shape index (κ2) is 6.87. The number of likely N-dealkylation sites (N-methyl/N-ethyl adjacent to an activating group) is 1. The van der Waals surface area contributed by atoms with Gasteiger partial charge in [-0.15, -0.1) is 11.3 Å². The van der Waals surface area contributed by atoms with Gasteiger partial charge in [0.25, 0.3) is 0 Å². The SMILES string of the molecule is CC1CCC(C)C(NCC(c2cccs2)N(C)C)C1. The first-order valence-corrected chi connectivity index (χ1v) is 8.39. The Morgan fingerprint density at radius 2 is 2.16 bits per heavy atom. The van der Waals surface area contributed by atoms with Crippen molar-refractivity contribution in [3.8, 4) is 0 Å². The van der Waals surface area contributed by atoms with Gasteiger partial charge in [-0.05, 0) is 50.2 Å². The number of rotatable bonds is 5. The minimum atomic E-state index is 0.504. The Morgan fingerprint density at radius 3 is 2.79 bits per heavy atom. The van der Waals surface area contributed by atoms with Crippen LogP contribution >= 0.6 is 11.3 Å². The van der Waals surface area contributed by atoms with Crippen molar-refractivity contribution in [3.05, 3.63) is 22.4 Å². The molecule has 1 aliphatic carbocycles. The van der Waals surface area contributed by atoms with E-state index in [0.29, 0.717) is 12.1 Å². The maximum atomic E-state index is 3.84. The average Bonchev–Trinajstić information content (AvgIpc) is 2.87. The fraction of sp³-hybridized carbons (Fsp3) is 0.750.